The van der Waals surface area contributed by atoms with Crippen molar-refractivity contribution in [3.8, 4) is 0 Å². The van der Waals surface area contributed by atoms with Gasteiger partial charge in [0.15, 0.2) is 0 Å². The highest BCUT2D eigenvalue weighted by Gasteiger charge is 2.13. The van der Waals surface area contributed by atoms with E-state index in [4.69, 9.17) is 0 Å². The Balaban J connectivity index is 2.11. The molecule has 0 nitrogen and oxygen atoms in total. The maximum Gasteiger partial charge on any atom is 0.0843 e. The van der Waals surface area contributed by atoms with Crippen molar-refractivity contribution in [2.24, 2.45) is 0 Å². The number of benzene rings is 1. The lowest BCUT2D eigenvalue weighted by molar-refractivity contribution is 0.968. The molecule has 0 aliphatic rings. The predicted molar refractivity (Wildman–Crippen MR) is 89.2 cm³/mol. The van der Waals surface area contributed by atoms with Crippen LogP contribution in [0.5, 0.6) is 0 Å². The van der Waals surface area contributed by atoms with E-state index in [0.717, 1.165) is 19.2 Å². The monoisotopic (exact) mass is 500 g/mol. The zero-order chi connectivity index (χ0) is 12.4. The third-order valence-electron chi connectivity index (χ3n) is 2.30. The number of halogens is 4. The number of rotatable bonds is 3. The van der Waals surface area contributed by atoms with Crippen LogP contribution in [0.4, 0.5) is 0 Å². The van der Waals surface area contributed by atoms with Crippen LogP contribution in [0.3, 0.4) is 0 Å². The molecular weight excluding hydrogens is 496 g/mol. The smallest absolute Gasteiger partial charge is 0.0843 e. The SMILES string of the molecule is Brc1ccc(CC(Br)c2cc(Br)c(Br)s2)cc1. The van der Waals surface area contributed by atoms with Crippen LogP contribution in [0.25, 0.3) is 0 Å². The Kier molecular flexibility index (Phi) is 5.31. The van der Waals surface area contributed by atoms with Crippen LogP contribution >= 0.6 is 75.1 Å². The number of thiophene rings is 1. The molecule has 1 unspecified atom stereocenters. The second-order valence-electron chi connectivity index (χ2n) is 3.57. The summed E-state index contributed by atoms with van der Waals surface area (Å²) in [6, 6.07) is 10.6. The van der Waals surface area contributed by atoms with E-state index in [1.165, 1.54) is 10.4 Å². The first kappa shape index (κ1) is 14.3. The largest absolute Gasteiger partial charge is 0.131 e. The average Bonchev–Trinajstić information content (AvgIpc) is 2.63. The van der Waals surface area contributed by atoms with Crippen LogP contribution in [0.15, 0.2) is 43.1 Å². The Morgan fingerprint density at radius 1 is 1.06 bits per heavy atom. The molecule has 1 aromatic heterocycles. The Morgan fingerprint density at radius 3 is 2.24 bits per heavy atom. The lowest BCUT2D eigenvalue weighted by atomic mass is 10.1. The minimum absolute atomic E-state index is 0.358. The normalized spacial score (nSPS) is 12.7. The van der Waals surface area contributed by atoms with E-state index >= 15 is 0 Å². The van der Waals surface area contributed by atoms with E-state index in [-0.39, 0.29) is 0 Å². The van der Waals surface area contributed by atoms with Gasteiger partial charge in [0.05, 0.1) is 8.61 Å². The van der Waals surface area contributed by atoms with Gasteiger partial charge in [0.25, 0.3) is 0 Å². The van der Waals surface area contributed by atoms with Gasteiger partial charge in [-0.1, -0.05) is 44.0 Å². The summed E-state index contributed by atoms with van der Waals surface area (Å²) < 4.78 is 3.39. The summed E-state index contributed by atoms with van der Waals surface area (Å²) in [5.74, 6) is 0. The standard InChI is InChI=1S/C12H8Br4S/c13-8-3-1-7(2-4-8)5-9(14)11-6-10(15)12(16)17-11/h1-4,6,9H,5H2. The third kappa shape index (κ3) is 3.90. The third-order valence-corrected chi connectivity index (χ3v) is 7.32. The first-order chi connectivity index (χ1) is 8.06. The van der Waals surface area contributed by atoms with Gasteiger partial charge in [0.2, 0.25) is 0 Å². The van der Waals surface area contributed by atoms with E-state index in [1.54, 1.807) is 11.3 Å². The first-order valence-corrected chi connectivity index (χ1v) is 9.00. The highest BCUT2D eigenvalue weighted by Crippen LogP contribution is 2.39. The van der Waals surface area contributed by atoms with E-state index in [2.05, 4.69) is 94.1 Å². The van der Waals surface area contributed by atoms with Gasteiger partial charge in [-0.3, -0.25) is 0 Å². The predicted octanol–water partition coefficient (Wildman–Crippen LogP) is 6.71. The second-order valence-corrected chi connectivity index (χ2v) is 8.85. The molecule has 90 valence electrons. The number of hydrogen-bond acceptors (Lipinski definition) is 1. The Hall–Kier alpha value is 0.840. The maximum absolute atomic E-state index is 3.75. The van der Waals surface area contributed by atoms with Gasteiger partial charge >= 0.3 is 0 Å². The molecule has 0 saturated heterocycles. The van der Waals surface area contributed by atoms with Crippen LogP contribution in [0, 0.1) is 0 Å². The Labute approximate surface area is 138 Å². The molecule has 0 aliphatic carbocycles. The molecule has 1 atom stereocenters. The van der Waals surface area contributed by atoms with Crippen molar-refractivity contribution in [1.82, 2.24) is 0 Å². The van der Waals surface area contributed by atoms with E-state index in [1.807, 2.05) is 0 Å². The molecule has 2 rings (SSSR count). The number of hydrogen-bond donors (Lipinski definition) is 0. The van der Waals surface area contributed by atoms with Crippen LogP contribution in [0.1, 0.15) is 15.3 Å². The molecule has 0 N–H and O–H groups in total. The molecule has 1 heterocycles. The summed E-state index contributed by atoms with van der Waals surface area (Å²) in [6.07, 6.45) is 0.993. The molecule has 5 heteroatoms. The van der Waals surface area contributed by atoms with Gasteiger partial charge in [-0.15, -0.1) is 11.3 Å². The van der Waals surface area contributed by atoms with Crippen LogP contribution in [-0.4, -0.2) is 0 Å². The van der Waals surface area contributed by atoms with Gasteiger partial charge in [-0.05, 0) is 62.0 Å². The fourth-order valence-electron chi connectivity index (χ4n) is 1.45. The van der Waals surface area contributed by atoms with Crippen molar-refractivity contribution in [3.63, 3.8) is 0 Å². The summed E-state index contributed by atoms with van der Waals surface area (Å²) >= 11 is 16.0. The van der Waals surface area contributed by atoms with Gasteiger partial charge < -0.3 is 0 Å². The first-order valence-electron chi connectivity index (χ1n) is 4.89. The quantitative estimate of drug-likeness (QED) is 0.408. The Morgan fingerprint density at radius 2 is 1.71 bits per heavy atom. The summed E-state index contributed by atoms with van der Waals surface area (Å²) in [7, 11) is 0. The summed E-state index contributed by atoms with van der Waals surface area (Å²) in [4.78, 5) is 1.68. The number of alkyl halides is 1. The van der Waals surface area contributed by atoms with Gasteiger partial charge in [-0.25, -0.2) is 0 Å². The van der Waals surface area contributed by atoms with E-state index in [0.29, 0.717) is 4.83 Å². The zero-order valence-electron chi connectivity index (χ0n) is 8.59. The van der Waals surface area contributed by atoms with Crippen molar-refractivity contribution >= 4 is 75.1 Å². The molecule has 17 heavy (non-hydrogen) atoms. The van der Waals surface area contributed by atoms with Crippen molar-refractivity contribution in [2.45, 2.75) is 11.2 Å². The summed E-state index contributed by atoms with van der Waals surface area (Å²) in [6.45, 7) is 0. The molecule has 0 amide bonds. The van der Waals surface area contributed by atoms with Crippen LogP contribution in [0.2, 0.25) is 0 Å². The zero-order valence-corrected chi connectivity index (χ0v) is 15.8. The lowest BCUT2D eigenvalue weighted by Crippen LogP contribution is -1.92. The fourth-order valence-corrected chi connectivity index (χ4v) is 4.56. The summed E-state index contributed by atoms with van der Waals surface area (Å²) in [5.41, 5.74) is 1.33. The highest BCUT2D eigenvalue weighted by atomic mass is 79.9. The summed E-state index contributed by atoms with van der Waals surface area (Å²) in [5, 5.41) is 0. The Bertz CT molecular complexity index is 484. The van der Waals surface area contributed by atoms with Crippen molar-refractivity contribution < 1.29 is 0 Å². The van der Waals surface area contributed by atoms with Crippen LogP contribution < -0.4 is 0 Å². The van der Waals surface area contributed by atoms with Gasteiger partial charge in [0, 0.05) is 13.8 Å². The molecule has 0 saturated carbocycles. The highest BCUT2D eigenvalue weighted by molar-refractivity contribution is 9.13. The van der Waals surface area contributed by atoms with Crippen molar-refractivity contribution in [2.75, 3.05) is 0 Å². The molecular formula is C12H8Br4S. The van der Waals surface area contributed by atoms with Gasteiger partial charge in [0.1, 0.15) is 0 Å². The molecule has 0 aliphatic heterocycles. The minimum atomic E-state index is 0.358. The van der Waals surface area contributed by atoms with Gasteiger partial charge in [-0.2, -0.15) is 0 Å². The lowest BCUT2D eigenvalue weighted by Gasteiger charge is -2.07. The average molecular weight is 504 g/mol. The molecule has 0 spiro atoms. The minimum Gasteiger partial charge on any atom is -0.131 e. The molecule has 0 radical (unpaired) electrons. The van der Waals surface area contributed by atoms with Crippen molar-refractivity contribution in [3.05, 3.63) is 53.5 Å². The fraction of sp³-hybridized carbons (Fsp3) is 0.167. The van der Waals surface area contributed by atoms with Crippen molar-refractivity contribution in [1.29, 1.82) is 0 Å². The van der Waals surface area contributed by atoms with E-state index in [9.17, 15) is 0 Å². The van der Waals surface area contributed by atoms with Crippen LogP contribution in [-0.2, 0) is 6.42 Å². The molecule has 1 aromatic carbocycles. The topological polar surface area (TPSA) is 0 Å². The van der Waals surface area contributed by atoms with E-state index < -0.39 is 0 Å². The second kappa shape index (κ2) is 6.33. The molecule has 0 fully saturated rings. The molecule has 2 aromatic rings. The maximum atomic E-state index is 3.75. The molecule has 0 bridgehead atoms.